The summed E-state index contributed by atoms with van der Waals surface area (Å²) >= 11 is 0. The van der Waals surface area contributed by atoms with Crippen LogP contribution >= 0.6 is 0 Å². The number of para-hydroxylation sites is 1. The first-order chi connectivity index (χ1) is 12.6. The third-order valence-electron chi connectivity index (χ3n) is 7.53. The van der Waals surface area contributed by atoms with Gasteiger partial charge in [0.15, 0.2) is 0 Å². The molecule has 0 radical (unpaired) electrons. The standard InChI is InChI=1S/C20H26N2O4/c1-3-19(11-23)14-8-17-20(9-15(21-19)12(14)10-26-17)13-6-4-5-7-16(13)22(25-2)18(20)24/h4-7,12,14-15,17,21,23H,3,8-11H2,1-2H3/t12-,14+,15-,17+,19-,20-/m0/s1. The van der Waals surface area contributed by atoms with E-state index < -0.39 is 5.41 Å². The van der Waals surface area contributed by atoms with Crippen LogP contribution in [0.15, 0.2) is 24.3 Å². The van der Waals surface area contributed by atoms with Crippen molar-refractivity contribution in [3.8, 4) is 0 Å². The summed E-state index contributed by atoms with van der Waals surface area (Å²) in [7, 11) is 1.54. The Morgan fingerprint density at radius 3 is 2.96 bits per heavy atom. The third kappa shape index (κ3) is 1.78. The van der Waals surface area contributed by atoms with Crippen molar-refractivity contribution in [2.75, 3.05) is 25.4 Å². The number of rotatable bonds is 3. The molecular weight excluding hydrogens is 332 g/mol. The molecule has 4 fully saturated rings. The number of ether oxygens (including phenoxy) is 1. The van der Waals surface area contributed by atoms with E-state index in [1.165, 1.54) is 5.06 Å². The van der Waals surface area contributed by atoms with Crippen molar-refractivity contribution >= 4 is 11.6 Å². The molecule has 0 aromatic heterocycles. The topological polar surface area (TPSA) is 71.0 Å². The molecule has 0 unspecified atom stereocenters. The van der Waals surface area contributed by atoms with Gasteiger partial charge in [-0.25, -0.2) is 0 Å². The first-order valence-electron chi connectivity index (χ1n) is 9.59. The van der Waals surface area contributed by atoms with E-state index in [2.05, 4.69) is 12.2 Å². The van der Waals surface area contributed by atoms with E-state index in [1.807, 2.05) is 24.3 Å². The summed E-state index contributed by atoms with van der Waals surface area (Å²) in [4.78, 5) is 19.0. The van der Waals surface area contributed by atoms with Crippen LogP contribution in [-0.2, 0) is 19.8 Å². The van der Waals surface area contributed by atoms with Crippen molar-refractivity contribution < 1.29 is 19.5 Å². The van der Waals surface area contributed by atoms with Gasteiger partial charge in [-0.05, 0) is 36.8 Å². The number of anilines is 1. The third-order valence-corrected chi connectivity index (χ3v) is 7.53. The SMILES string of the molecule is CC[C@@]1(CO)N[C@H]2C[C@@]3(C(=O)N(OC)c4ccccc43)[C@H]3C[C@@H]1[C@@H]2CO3. The van der Waals surface area contributed by atoms with Crippen molar-refractivity contribution in [3.05, 3.63) is 29.8 Å². The highest BCUT2D eigenvalue weighted by Crippen LogP contribution is 2.58. The number of carbonyl (C=O) groups is 1. The fourth-order valence-corrected chi connectivity index (χ4v) is 6.22. The quantitative estimate of drug-likeness (QED) is 0.854. The zero-order valence-electron chi connectivity index (χ0n) is 15.3. The molecule has 4 heterocycles. The molecule has 2 N–H and O–H groups in total. The van der Waals surface area contributed by atoms with Crippen LogP contribution < -0.4 is 10.4 Å². The van der Waals surface area contributed by atoms with Gasteiger partial charge in [0.25, 0.3) is 5.91 Å². The Morgan fingerprint density at radius 2 is 2.23 bits per heavy atom. The first-order valence-corrected chi connectivity index (χ1v) is 9.59. The highest BCUT2D eigenvalue weighted by molar-refractivity contribution is 6.07. The minimum atomic E-state index is -0.705. The Hall–Kier alpha value is -1.47. The zero-order chi connectivity index (χ0) is 18.1. The van der Waals surface area contributed by atoms with E-state index in [-0.39, 0.29) is 30.2 Å². The number of benzene rings is 1. The van der Waals surface area contributed by atoms with Crippen LogP contribution in [-0.4, -0.2) is 49.0 Å². The maximum Gasteiger partial charge on any atom is 0.264 e. The van der Waals surface area contributed by atoms with Crippen LogP contribution in [0.1, 0.15) is 31.7 Å². The van der Waals surface area contributed by atoms with Crippen LogP contribution in [0.25, 0.3) is 0 Å². The van der Waals surface area contributed by atoms with Gasteiger partial charge in [-0.15, -0.1) is 0 Å². The van der Waals surface area contributed by atoms with Gasteiger partial charge < -0.3 is 15.2 Å². The highest BCUT2D eigenvalue weighted by Gasteiger charge is 2.67. The molecule has 26 heavy (non-hydrogen) atoms. The second kappa shape index (κ2) is 5.52. The van der Waals surface area contributed by atoms with Crippen molar-refractivity contribution in [2.24, 2.45) is 11.8 Å². The molecular formula is C20H26N2O4. The molecule has 1 aliphatic carbocycles. The van der Waals surface area contributed by atoms with Crippen molar-refractivity contribution in [1.82, 2.24) is 5.32 Å². The summed E-state index contributed by atoms with van der Waals surface area (Å²) in [6.07, 6.45) is 2.19. The number of carbonyl (C=O) groups excluding carboxylic acids is 1. The Labute approximate surface area is 153 Å². The van der Waals surface area contributed by atoms with Crippen LogP contribution in [0.2, 0.25) is 0 Å². The summed E-state index contributed by atoms with van der Waals surface area (Å²) < 4.78 is 6.30. The van der Waals surface area contributed by atoms with Crippen molar-refractivity contribution in [3.63, 3.8) is 0 Å². The average Bonchev–Trinajstić information content (AvgIpc) is 2.99. The first kappa shape index (κ1) is 16.7. The van der Waals surface area contributed by atoms with Crippen LogP contribution in [0, 0.1) is 11.8 Å². The van der Waals surface area contributed by atoms with E-state index in [0.717, 1.165) is 24.1 Å². The van der Waals surface area contributed by atoms with Gasteiger partial charge in [0, 0.05) is 17.5 Å². The Kier molecular flexibility index (Phi) is 3.54. The van der Waals surface area contributed by atoms with E-state index in [9.17, 15) is 9.90 Å². The Morgan fingerprint density at radius 1 is 1.42 bits per heavy atom. The number of hydrogen-bond acceptors (Lipinski definition) is 5. The monoisotopic (exact) mass is 358 g/mol. The normalized spacial score (nSPS) is 43.2. The number of amides is 1. The van der Waals surface area contributed by atoms with Gasteiger partial charge in [0.2, 0.25) is 0 Å². The minimum absolute atomic E-state index is 0.0210. The second-order valence-corrected chi connectivity index (χ2v) is 8.22. The highest BCUT2D eigenvalue weighted by atomic mass is 16.7. The smallest absolute Gasteiger partial charge is 0.264 e. The molecule has 6 rings (SSSR count). The number of nitrogens with zero attached hydrogens (tertiary/aromatic N) is 1. The molecule has 140 valence electrons. The molecule has 1 spiro atoms. The predicted octanol–water partition coefficient (Wildman–Crippen LogP) is 1.37. The van der Waals surface area contributed by atoms with Crippen LogP contribution in [0.4, 0.5) is 5.69 Å². The number of fused-ring (bicyclic) bond motifs is 2. The maximum absolute atomic E-state index is 13.5. The number of hydrogen-bond donors (Lipinski definition) is 2. The molecule has 1 aromatic carbocycles. The van der Waals surface area contributed by atoms with E-state index in [0.29, 0.717) is 24.9 Å². The fourth-order valence-electron chi connectivity index (χ4n) is 6.22. The van der Waals surface area contributed by atoms with Crippen molar-refractivity contribution in [1.29, 1.82) is 0 Å². The van der Waals surface area contributed by atoms with Gasteiger partial charge in [0.1, 0.15) is 5.41 Å². The van der Waals surface area contributed by atoms with Gasteiger partial charge in [-0.1, -0.05) is 25.1 Å². The van der Waals surface area contributed by atoms with Crippen LogP contribution in [0.3, 0.4) is 0 Å². The lowest BCUT2D eigenvalue weighted by Crippen LogP contribution is -2.58. The molecule has 1 aromatic rings. The molecule has 6 atom stereocenters. The fraction of sp³-hybridized carbons (Fsp3) is 0.650. The number of aliphatic hydroxyl groups excluding tert-OH is 1. The van der Waals surface area contributed by atoms with E-state index in [4.69, 9.17) is 9.57 Å². The molecule has 4 bridgehead atoms. The molecule has 1 amide bonds. The second-order valence-electron chi connectivity index (χ2n) is 8.22. The van der Waals surface area contributed by atoms with Gasteiger partial charge in [-0.3, -0.25) is 9.63 Å². The van der Waals surface area contributed by atoms with Crippen LogP contribution in [0.5, 0.6) is 0 Å². The van der Waals surface area contributed by atoms with Crippen molar-refractivity contribution in [2.45, 2.75) is 49.3 Å². The maximum atomic E-state index is 13.5. The Balaban J connectivity index is 1.64. The molecule has 5 aliphatic rings. The number of aliphatic hydroxyl groups is 1. The average molecular weight is 358 g/mol. The molecule has 6 heteroatoms. The molecule has 1 saturated carbocycles. The zero-order valence-corrected chi connectivity index (χ0v) is 15.3. The summed E-state index contributed by atoms with van der Waals surface area (Å²) in [5.41, 5.74) is 0.885. The largest absolute Gasteiger partial charge is 0.394 e. The number of nitrogens with one attached hydrogen (secondary N) is 1. The van der Waals surface area contributed by atoms with E-state index in [1.54, 1.807) is 7.11 Å². The number of hydroxylamine groups is 1. The van der Waals surface area contributed by atoms with Gasteiger partial charge in [-0.2, -0.15) is 5.06 Å². The molecule has 6 nitrogen and oxygen atoms in total. The lowest BCUT2D eigenvalue weighted by molar-refractivity contribution is -0.139. The summed E-state index contributed by atoms with van der Waals surface area (Å²) in [5, 5.41) is 15.3. The predicted molar refractivity (Wildman–Crippen MR) is 95.6 cm³/mol. The molecule has 4 aliphatic heterocycles. The van der Waals surface area contributed by atoms with E-state index >= 15 is 0 Å². The summed E-state index contributed by atoms with van der Waals surface area (Å²) in [5.74, 6) is 0.652. The summed E-state index contributed by atoms with van der Waals surface area (Å²) in [6, 6.07) is 8.07. The minimum Gasteiger partial charge on any atom is -0.394 e. The van der Waals surface area contributed by atoms with Gasteiger partial charge >= 0.3 is 0 Å². The lowest BCUT2D eigenvalue weighted by Gasteiger charge is -2.44. The Bertz CT molecular complexity index is 749. The summed E-state index contributed by atoms with van der Waals surface area (Å²) in [6.45, 7) is 2.92. The van der Waals surface area contributed by atoms with Gasteiger partial charge in [0.05, 0.1) is 32.1 Å². The lowest BCUT2D eigenvalue weighted by atomic mass is 9.69. The molecule has 3 saturated heterocycles.